The summed E-state index contributed by atoms with van der Waals surface area (Å²) in [7, 11) is -3.08. The summed E-state index contributed by atoms with van der Waals surface area (Å²) < 4.78 is 38.2. The van der Waals surface area contributed by atoms with Crippen molar-refractivity contribution in [2.24, 2.45) is 0 Å². The molecule has 0 saturated heterocycles. The van der Waals surface area contributed by atoms with Crippen molar-refractivity contribution in [3.8, 4) is 0 Å². The first-order chi connectivity index (χ1) is 15.3. The van der Waals surface area contributed by atoms with E-state index in [4.69, 9.17) is 0 Å². The molecule has 0 saturated carbocycles. The van der Waals surface area contributed by atoms with Crippen LogP contribution in [-0.4, -0.2) is 25.1 Å². The third kappa shape index (κ3) is 5.42. The predicted molar refractivity (Wildman–Crippen MR) is 124 cm³/mol. The van der Waals surface area contributed by atoms with Gasteiger partial charge in [0, 0.05) is 42.0 Å². The first-order valence-electron chi connectivity index (χ1n) is 10.1. The van der Waals surface area contributed by atoms with Gasteiger partial charge in [-0.15, -0.1) is 0 Å². The first kappa shape index (κ1) is 21.8. The Hall–Kier alpha value is -3.45. The maximum absolute atomic E-state index is 13.5. The lowest BCUT2D eigenvalue weighted by Gasteiger charge is -2.08. The quantitative estimate of drug-likeness (QED) is 0.456. The minimum atomic E-state index is -3.08. The van der Waals surface area contributed by atoms with Gasteiger partial charge in [0.05, 0.1) is 5.75 Å². The van der Waals surface area contributed by atoms with Gasteiger partial charge < -0.3 is 9.88 Å². The molecule has 1 heterocycles. The van der Waals surface area contributed by atoms with Crippen LogP contribution in [0.15, 0.2) is 79.0 Å². The molecule has 0 bridgehead atoms. The number of sulfone groups is 1. The van der Waals surface area contributed by atoms with Gasteiger partial charge in [0.1, 0.15) is 5.82 Å². The van der Waals surface area contributed by atoms with Crippen molar-refractivity contribution >= 4 is 26.6 Å². The van der Waals surface area contributed by atoms with E-state index in [-0.39, 0.29) is 17.5 Å². The van der Waals surface area contributed by atoms with E-state index in [0.29, 0.717) is 18.7 Å². The van der Waals surface area contributed by atoms with Crippen molar-refractivity contribution in [2.45, 2.75) is 18.8 Å². The zero-order valence-electron chi connectivity index (χ0n) is 17.6. The van der Waals surface area contributed by atoms with Crippen molar-refractivity contribution in [3.05, 3.63) is 107 Å². The average Bonchev–Trinajstić information content (AvgIpc) is 3.14. The molecule has 4 rings (SSSR count). The van der Waals surface area contributed by atoms with Crippen LogP contribution < -0.4 is 5.32 Å². The molecule has 0 radical (unpaired) electrons. The first-order valence-corrected chi connectivity index (χ1v) is 12.2. The maximum Gasteiger partial charge on any atom is 0.251 e. The van der Waals surface area contributed by atoms with Gasteiger partial charge in [-0.1, -0.05) is 36.4 Å². The van der Waals surface area contributed by atoms with E-state index in [1.807, 2.05) is 47.2 Å². The lowest BCUT2D eigenvalue weighted by Crippen LogP contribution is -2.22. The van der Waals surface area contributed by atoms with Crippen LogP contribution in [0.2, 0.25) is 0 Å². The molecular weight excluding hydrogens is 427 g/mol. The fourth-order valence-electron chi connectivity index (χ4n) is 3.65. The number of amides is 1. The smallest absolute Gasteiger partial charge is 0.251 e. The van der Waals surface area contributed by atoms with Crippen molar-refractivity contribution in [1.29, 1.82) is 0 Å². The molecule has 7 heteroatoms. The van der Waals surface area contributed by atoms with Gasteiger partial charge in [0.15, 0.2) is 9.84 Å². The largest absolute Gasteiger partial charge is 0.348 e. The van der Waals surface area contributed by atoms with Gasteiger partial charge in [-0.05, 0) is 53.1 Å². The molecule has 0 spiro atoms. The van der Waals surface area contributed by atoms with E-state index in [1.54, 1.807) is 24.3 Å². The number of nitrogens with one attached hydrogen (secondary N) is 1. The van der Waals surface area contributed by atoms with Crippen LogP contribution in [0, 0.1) is 5.82 Å². The summed E-state index contributed by atoms with van der Waals surface area (Å²) in [6.07, 6.45) is 3.13. The number of carbonyl (C=O) groups excluding carboxylic acids is 1. The van der Waals surface area contributed by atoms with Gasteiger partial charge >= 0.3 is 0 Å². The standard InChI is InChI=1S/C25H23FN2O3S/c1-32(30,31)17-19-7-5-18(6-8-19)15-27-25(29)22-9-10-24-21(14-22)11-12-28(24)16-20-3-2-4-23(26)13-20/h2-14H,15-17H2,1H3,(H,27,29). The lowest BCUT2D eigenvalue weighted by molar-refractivity contribution is 0.0951. The van der Waals surface area contributed by atoms with Crippen LogP contribution in [0.25, 0.3) is 10.9 Å². The Morgan fingerprint density at radius 2 is 1.69 bits per heavy atom. The van der Waals surface area contributed by atoms with Crippen LogP contribution in [0.3, 0.4) is 0 Å². The van der Waals surface area contributed by atoms with Crippen LogP contribution >= 0.6 is 0 Å². The molecule has 1 N–H and O–H groups in total. The summed E-state index contributed by atoms with van der Waals surface area (Å²) in [5.74, 6) is -0.452. The van der Waals surface area contributed by atoms with E-state index in [9.17, 15) is 17.6 Å². The summed E-state index contributed by atoms with van der Waals surface area (Å²) >= 11 is 0. The Labute approximate surface area is 186 Å². The number of carbonyl (C=O) groups is 1. The van der Waals surface area contributed by atoms with Gasteiger partial charge in [0.2, 0.25) is 0 Å². The third-order valence-corrected chi connectivity index (χ3v) is 6.04. The Bertz CT molecular complexity index is 1380. The summed E-state index contributed by atoms with van der Waals surface area (Å²) in [5.41, 5.74) is 3.99. The van der Waals surface area contributed by atoms with Crippen molar-refractivity contribution in [3.63, 3.8) is 0 Å². The summed E-state index contributed by atoms with van der Waals surface area (Å²) in [6, 6.07) is 21.1. The number of aromatic nitrogens is 1. The SMILES string of the molecule is CS(=O)(=O)Cc1ccc(CNC(=O)c2ccc3c(ccn3Cc3cccc(F)c3)c2)cc1. The molecule has 164 valence electrons. The van der Waals surface area contributed by atoms with Crippen LogP contribution in [0.5, 0.6) is 0 Å². The Morgan fingerprint density at radius 3 is 2.41 bits per heavy atom. The van der Waals surface area contributed by atoms with Crippen LogP contribution in [-0.2, 0) is 28.7 Å². The minimum absolute atomic E-state index is 0.00148. The number of nitrogens with zero attached hydrogens (tertiary/aromatic N) is 1. The molecule has 1 aromatic heterocycles. The van der Waals surface area contributed by atoms with E-state index in [0.717, 1.165) is 27.6 Å². The Balaban J connectivity index is 1.42. The number of halogens is 1. The second-order valence-electron chi connectivity index (χ2n) is 7.92. The lowest BCUT2D eigenvalue weighted by atomic mass is 10.1. The monoisotopic (exact) mass is 450 g/mol. The molecule has 3 aromatic carbocycles. The molecule has 0 atom stereocenters. The number of hydrogen-bond acceptors (Lipinski definition) is 3. The highest BCUT2D eigenvalue weighted by molar-refractivity contribution is 7.89. The highest BCUT2D eigenvalue weighted by atomic mass is 32.2. The normalized spacial score (nSPS) is 11.6. The fraction of sp³-hybridized carbons (Fsp3) is 0.160. The Morgan fingerprint density at radius 1 is 0.938 bits per heavy atom. The molecule has 32 heavy (non-hydrogen) atoms. The zero-order valence-corrected chi connectivity index (χ0v) is 18.4. The molecule has 1 amide bonds. The molecule has 5 nitrogen and oxygen atoms in total. The van der Waals surface area contributed by atoms with E-state index >= 15 is 0 Å². The van der Waals surface area contributed by atoms with Crippen molar-refractivity contribution in [2.75, 3.05) is 6.26 Å². The van der Waals surface area contributed by atoms with Crippen LogP contribution in [0.4, 0.5) is 4.39 Å². The third-order valence-electron chi connectivity index (χ3n) is 5.18. The number of hydrogen-bond donors (Lipinski definition) is 1. The Kier molecular flexibility index (Phi) is 6.10. The average molecular weight is 451 g/mol. The maximum atomic E-state index is 13.5. The molecular formula is C25H23FN2O3S. The number of rotatable bonds is 7. The van der Waals surface area contributed by atoms with Crippen molar-refractivity contribution < 1.29 is 17.6 Å². The minimum Gasteiger partial charge on any atom is -0.348 e. The van der Waals surface area contributed by atoms with E-state index < -0.39 is 9.84 Å². The summed E-state index contributed by atoms with van der Waals surface area (Å²) in [4.78, 5) is 12.6. The molecule has 0 aliphatic rings. The highest BCUT2D eigenvalue weighted by Crippen LogP contribution is 2.20. The molecule has 4 aromatic rings. The fourth-order valence-corrected chi connectivity index (χ4v) is 4.45. The number of fused-ring (bicyclic) bond motifs is 1. The molecule has 0 unspecified atom stereocenters. The predicted octanol–water partition coefficient (Wildman–Crippen LogP) is 4.30. The van der Waals surface area contributed by atoms with E-state index in [1.165, 1.54) is 18.4 Å². The second-order valence-corrected chi connectivity index (χ2v) is 10.1. The molecule has 0 fully saturated rings. The highest BCUT2D eigenvalue weighted by Gasteiger charge is 2.10. The second kappa shape index (κ2) is 8.96. The molecule has 0 aliphatic carbocycles. The molecule has 0 aliphatic heterocycles. The topological polar surface area (TPSA) is 68.2 Å². The summed E-state index contributed by atoms with van der Waals surface area (Å²) in [6.45, 7) is 0.888. The van der Waals surface area contributed by atoms with E-state index in [2.05, 4.69) is 5.32 Å². The van der Waals surface area contributed by atoms with Crippen LogP contribution in [0.1, 0.15) is 27.0 Å². The van der Waals surface area contributed by atoms with Crippen molar-refractivity contribution in [1.82, 2.24) is 9.88 Å². The van der Waals surface area contributed by atoms with Gasteiger partial charge in [-0.2, -0.15) is 0 Å². The zero-order chi connectivity index (χ0) is 22.7. The van der Waals surface area contributed by atoms with Gasteiger partial charge in [-0.3, -0.25) is 4.79 Å². The van der Waals surface area contributed by atoms with Gasteiger partial charge in [0.25, 0.3) is 5.91 Å². The number of benzene rings is 3. The van der Waals surface area contributed by atoms with Gasteiger partial charge in [-0.25, -0.2) is 12.8 Å². The summed E-state index contributed by atoms with van der Waals surface area (Å²) in [5, 5.41) is 3.82.